The number of anilines is 1. The first-order valence-corrected chi connectivity index (χ1v) is 7.59. The molecule has 2 fully saturated rings. The van der Waals surface area contributed by atoms with Crippen LogP contribution < -0.4 is 19.7 Å². The normalized spacial score (nSPS) is 21.4. The fourth-order valence-corrected chi connectivity index (χ4v) is 2.59. The molecule has 8 nitrogen and oxygen atoms in total. The van der Waals surface area contributed by atoms with Gasteiger partial charge in [-0.05, 0) is 25.7 Å². The van der Waals surface area contributed by atoms with Gasteiger partial charge in [0.05, 0.1) is 14.2 Å². The highest BCUT2D eigenvalue weighted by molar-refractivity contribution is 5.81. The minimum absolute atomic E-state index is 0.135. The molecule has 0 spiro atoms. The molecule has 1 unspecified atom stereocenters. The van der Waals surface area contributed by atoms with Gasteiger partial charge in [-0.25, -0.2) is 0 Å². The third-order valence-corrected chi connectivity index (χ3v) is 3.95. The summed E-state index contributed by atoms with van der Waals surface area (Å²) in [5, 5.41) is 3.12. The zero-order valence-electron chi connectivity index (χ0n) is 12.9. The van der Waals surface area contributed by atoms with Gasteiger partial charge in [0.15, 0.2) is 0 Å². The molecule has 1 aliphatic carbocycles. The lowest BCUT2D eigenvalue weighted by Gasteiger charge is -2.33. The third-order valence-electron chi connectivity index (χ3n) is 3.95. The van der Waals surface area contributed by atoms with Crippen LogP contribution in [0.3, 0.4) is 0 Å². The first kappa shape index (κ1) is 14.8. The Morgan fingerprint density at radius 2 is 1.82 bits per heavy atom. The minimum Gasteiger partial charge on any atom is -0.467 e. The molecule has 1 atom stereocenters. The van der Waals surface area contributed by atoms with E-state index in [1.165, 1.54) is 14.2 Å². The van der Waals surface area contributed by atoms with Crippen LogP contribution in [-0.2, 0) is 4.79 Å². The second-order valence-corrected chi connectivity index (χ2v) is 5.68. The molecule has 1 saturated heterocycles. The van der Waals surface area contributed by atoms with Crippen molar-refractivity contribution in [2.75, 3.05) is 32.2 Å². The Hall–Kier alpha value is -2.12. The molecule has 1 amide bonds. The van der Waals surface area contributed by atoms with Crippen LogP contribution in [0.25, 0.3) is 0 Å². The molecule has 120 valence electrons. The van der Waals surface area contributed by atoms with E-state index in [0.717, 1.165) is 32.2 Å². The number of hydrogen-bond donors (Lipinski definition) is 1. The first-order valence-electron chi connectivity index (χ1n) is 7.59. The summed E-state index contributed by atoms with van der Waals surface area (Å²) in [6, 6.07) is 0.590. The highest BCUT2D eigenvalue weighted by atomic mass is 16.5. The number of nitrogens with zero attached hydrogens (tertiary/aromatic N) is 4. The summed E-state index contributed by atoms with van der Waals surface area (Å²) in [5.41, 5.74) is 0. The van der Waals surface area contributed by atoms with Gasteiger partial charge in [-0.1, -0.05) is 0 Å². The first-order chi connectivity index (χ1) is 10.7. The van der Waals surface area contributed by atoms with E-state index in [-0.39, 0.29) is 29.9 Å². The zero-order chi connectivity index (χ0) is 15.5. The van der Waals surface area contributed by atoms with Crippen molar-refractivity contribution >= 4 is 11.9 Å². The van der Waals surface area contributed by atoms with Crippen molar-refractivity contribution in [2.45, 2.75) is 31.7 Å². The van der Waals surface area contributed by atoms with Gasteiger partial charge in [-0.15, -0.1) is 4.98 Å². The Morgan fingerprint density at radius 1 is 1.14 bits per heavy atom. The molecular weight excluding hydrogens is 286 g/mol. The van der Waals surface area contributed by atoms with Gasteiger partial charge in [0.25, 0.3) is 0 Å². The summed E-state index contributed by atoms with van der Waals surface area (Å²) in [4.78, 5) is 26.5. The Labute approximate surface area is 129 Å². The Morgan fingerprint density at radius 3 is 2.41 bits per heavy atom. The number of carbonyl (C=O) groups excluding carboxylic acids is 1. The van der Waals surface area contributed by atoms with Crippen molar-refractivity contribution in [2.24, 2.45) is 5.92 Å². The molecule has 22 heavy (non-hydrogen) atoms. The van der Waals surface area contributed by atoms with Gasteiger partial charge < -0.3 is 19.7 Å². The predicted molar refractivity (Wildman–Crippen MR) is 79.0 cm³/mol. The van der Waals surface area contributed by atoms with Crippen LogP contribution in [0.2, 0.25) is 0 Å². The number of piperidine rings is 1. The number of carbonyl (C=O) groups is 1. The molecule has 3 rings (SSSR count). The lowest BCUT2D eigenvalue weighted by molar-refractivity contribution is -0.123. The SMILES string of the molecule is COc1nc(OC)nc(N2CCCC(NC(=O)C3CC3)C2)n1. The fourth-order valence-electron chi connectivity index (χ4n) is 2.59. The summed E-state index contributed by atoms with van der Waals surface area (Å²) in [7, 11) is 3.01. The van der Waals surface area contributed by atoms with Crippen molar-refractivity contribution in [3.63, 3.8) is 0 Å². The number of rotatable bonds is 5. The average molecular weight is 307 g/mol. The molecule has 2 heterocycles. The summed E-state index contributed by atoms with van der Waals surface area (Å²) < 4.78 is 10.2. The summed E-state index contributed by atoms with van der Waals surface area (Å²) >= 11 is 0. The maximum Gasteiger partial charge on any atom is 0.324 e. The van der Waals surface area contributed by atoms with E-state index in [2.05, 4.69) is 20.3 Å². The van der Waals surface area contributed by atoms with Crippen LogP contribution >= 0.6 is 0 Å². The fraction of sp³-hybridized carbons (Fsp3) is 0.714. The molecule has 8 heteroatoms. The quantitative estimate of drug-likeness (QED) is 0.841. The highest BCUT2D eigenvalue weighted by Crippen LogP contribution is 2.29. The zero-order valence-corrected chi connectivity index (χ0v) is 12.9. The van der Waals surface area contributed by atoms with Crippen molar-refractivity contribution in [1.82, 2.24) is 20.3 Å². The Kier molecular flexibility index (Phi) is 4.26. The van der Waals surface area contributed by atoms with Gasteiger partial charge in [0, 0.05) is 25.0 Å². The number of nitrogens with one attached hydrogen (secondary N) is 1. The second kappa shape index (κ2) is 6.33. The van der Waals surface area contributed by atoms with E-state index < -0.39 is 0 Å². The number of methoxy groups -OCH3 is 2. The van der Waals surface area contributed by atoms with Crippen LogP contribution in [0.1, 0.15) is 25.7 Å². The van der Waals surface area contributed by atoms with Crippen LogP contribution in [0.4, 0.5) is 5.95 Å². The number of amides is 1. The summed E-state index contributed by atoms with van der Waals surface area (Å²) in [6.45, 7) is 1.53. The molecule has 0 aromatic carbocycles. The largest absolute Gasteiger partial charge is 0.467 e. The van der Waals surface area contributed by atoms with Gasteiger partial charge >= 0.3 is 12.0 Å². The lowest BCUT2D eigenvalue weighted by atomic mass is 10.1. The molecule has 0 radical (unpaired) electrons. The topological polar surface area (TPSA) is 89.5 Å². The minimum atomic E-state index is 0.135. The van der Waals surface area contributed by atoms with Crippen LogP contribution in [0.15, 0.2) is 0 Å². The van der Waals surface area contributed by atoms with Crippen molar-refractivity contribution < 1.29 is 14.3 Å². The number of ether oxygens (including phenoxy) is 2. The van der Waals surface area contributed by atoms with Crippen LogP contribution in [0, 0.1) is 5.92 Å². The van der Waals surface area contributed by atoms with Crippen LogP contribution in [-0.4, -0.2) is 54.2 Å². The molecular formula is C14H21N5O3. The monoisotopic (exact) mass is 307 g/mol. The maximum atomic E-state index is 11.9. The molecule has 2 aliphatic rings. The molecule has 0 bridgehead atoms. The number of hydrogen-bond acceptors (Lipinski definition) is 7. The summed E-state index contributed by atoms with van der Waals surface area (Å²) in [5.74, 6) is 0.930. The summed E-state index contributed by atoms with van der Waals surface area (Å²) in [6.07, 6.45) is 3.99. The van der Waals surface area contributed by atoms with Gasteiger partial charge in [0.1, 0.15) is 0 Å². The molecule has 1 aromatic heterocycles. The van der Waals surface area contributed by atoms with Gasteiger partial charge in [-0.3, -0.25) is 4.79 Å². The van der Waals surface area contributed by atoms with E-state index >= 15 is 0 Å². The van der Waals surface area contributed by atoms with E-state index in [4.69, 9.17) is 9.47 Å². The Balaban J connectivity index is 1.69. The average Bonchev–Trinajstić information content (AvgIpc) is 3.39. The van der Waals surface area contributed by atoms with Crippen molar-refractivity contribution in [3.8, 4) is 12.0 Å². The van der Waals surface area contributed by atoms with E-state index in [1.54, 1.807) is 0 Å². The second-order valence-electron chi connectivity index (χ2n) is 5.68. The predicted octanol–water partition coefficient (Wildman–Crippen LogP) is 0.384. The van der Waals surface area contributed by atoms with E-state index in [0.29, 0.717) is 12.5 Å². The molecule has 1 saturated carbocycles. The standard InChI is InChI=1S/C14H21N5O3/c1-21-13-16-12(17-14(18-13)22-2)19-7-3-4-10(8-19)15-11(20)9-5-6-9/h9-10H,3-8H2,1-2H3,(H,15,20). The molecule has 1 aromatic rings. The van der Waals surface area contributed by atoms with Crippen LogP contribution in [0.5, 0.6) is 12.0 Å². The van der Waals surface area contributed by atoms with Crippen molar-refractivity contribution in [3.05, 3.63) is 0 Å². The smallest absolute Gasteiger partial charge is 0.324 e. The van der Waals surface area contributed by atoms with Gasteiger partial charge in [0.2, 0.25) is 11.9 Å². The van der Waals surface area contributed by atoms with Gasteiger partial charge in [-0.2, -0.15) is 9.97 Å². The van der Waals surface area contributed by atoms with E-state index in [1.807, 2.05) is 4.90 Å². The molecule has 1 N–H and O–H groups in total. The lowest BCUT2D eigenvalue weighted by Crippen LogP contribution is -2.48. The number of aromatic nitrogens is 3. The maximum absolute atomic E-state index is 11.9. The Bertz CT molecular complexity index is 527. The molecule has 1 aliphatic heterocycles. The third kappa shape index (κ3) is 3.37. The van der Waals surface area contributed by atoms with Crippen molar-refractivity contribution in [1.29, 1.82) is 0 Å². The highest BCUT2D eigenvalue weighted by Gasteiger charge is 2.32. The van der Waals surface area contributed by atoms with E-state index in [9.17, 15) is 4.79 Å².